The fourth-order valence-corrected chi connectivity index (χ4v) is 5.26. The molecule has 0 amide bonds. The first-order valence-electron chi connectivity index (χ1n) is 12.4. The highest BCUT2D eigenvalue weighted by Crippen LogP contribution is 2.26. The fraction of sp³-hybridized carbons (Fsp3) is 0.600. The molecule has 33 heavy (non-hydrogen) atoms. The van der Waals surface area contributed by atoms with E-state index in [4.69, 9.17) is 4.74 Å². The predicted molar refractivity (Wildman–Crippen MR) is 127 cm³/mol. The van der Waals surface area contributed by atoms with Gasteiger partial charge < -0.3 is 9.72 Å². The molecule has 0 spiro atoms. The van der Waals surface area contributed by atoms with Crippen LogP contribution < -0.4 is 5.56 Å². The first-order valence-corrected chi connectivity index (χ1v) is 12.4. The van der Waals surface area contributed by atoms with Gasteiger partial charge in [0, 0.05) is 30.3 Å². The van der Waals surface area contributed by atoms with Crippen LogP contribution in [0.1, 0.15) is 68.8 Å². The minimum Gasteiger partial charge on any atom is -0.376 e. The van der Waals surface area contributed by atoms with Crippen molar-refractivity contribution in [3.05, 3.63) is 51.6 Å². The molecule has 3 heterocycles. The maximum Gasteiger partial charge on any atom is 0.252 e. The number of fused-ring (bicyclic) bond motifs is 1. The van der Waals surface area contributed by atoms with Gasteiger partial charge in [0.2, 0.25) is 0 Å². The highest BCUT2D eigenvalue weighted by molar-refractivity contribution is 5.79. The Morgan fingerprint density at radius 2 is 2.00 bits per heavy atom. The van der Waals surface area contributed by atoms with Gasteiger partial charge in [-0.3, -0.25) is 9.69 Å². The molecule has 8 nitrogen and oxygen atoms in total. The lowest BCUT2D eigenvalue weighted by molar-refractivity contribution is 0.0893. The fourth-order valence-electron chi connectivity index (χ4n) is 5.26. The van der Waals surface area contributed by atoms with Crippen molar-refractivity contribution in [1.82, 2.24) is 30.1 Å². The second-order valence-electron chi connectivity index (χ2n) is 9.51. The van der Waals surface area contributed by atoms with Gasteiger partial charge in [0.1, 0.15) is 0 Å². The number of pyridine rings is 1. The number of benzene rings is 1. The van der Waals surface area contributed by atoms with Gasteiger partial charge in [-0.05, 0) is 71.7 Å². The van der Waals surface area contributed by atoms with Crippen molar-refractivity contribution in [2.75, 3.05) is 6.61 Å². The molecule has 5 rings (SSSR count). The Morgan fingerprint density at radius 1 is 1.12 bits per heavy atom. The molecule has 1 saturated heterocycles. The van der Waals surface area contributed by atoms with Crippen LogP contribution in [-0.4, -0.2) is 48.8 Å². The standard InChI is InChI=1S/C25H34N6O2/c1-2-18-10-11-23-19(13-18)14-20(25(32)26-23)15-30(21-7-4-3-5-8-21)17-24-27-28-29-31(24)16-22-9-6-12-33-22/h10-11,13-14,21-22H,2-9,12,15-17H2,1H3,(H,26,32)/t22-/m1/s1. The molecule has 1 aliphatic heterocycles. The van der Waals surface area contributed by atoms with Crippen molar-refractivity contribution < 1.29 is 4.74 Å². The Bertz CT molecular complexity index is 1130. The largest absolute Gasteiger partial charge is 0.376 e. The van der Waals surface area contributed by atoms with Crippen LogP contribution >= 0.6 is 0 Å². The van der Waals surface area contributed by atoms with Crippen molar-refractivity contribution in [1.29, 1.82) is 0 Å². The molecule has 1 atom stereocenters. The molecule has 2 fully saturated rings. The number of nitrogens with zero attached hydrogens (tertiary/aromatic N) is 5. The zero-order valence-corrected chi connectivity index (χ0v) is 19.5. The summed E-state index contributed by atoms with van der Waals surface area (Å²) in [6.07, 6.45) is 9.37. The van der Waals surface area contributed by atoms with Crippen LogP contribution in [0.25, 0.3) is 10.9 Å². The van der Waals surface area contributed by atoms with Crippen LogP contribution in [0.3, 0.4) is 0 Å². The molecule has 1 aliphatic carbocycles. The van der Waals surface area contributed by atoms with Crippen LogP contribution in [-0.2, 0) is 30.8 Å². The third kappa shape index (κ3) is 5.17. The molecule has 0 unspecified atom stereocenters. The summed E-state index contributed by atoms with van der Waals surface area (Å²) in [7, 11) is 0. The minimum absolute atomic E-state index is 0.00787. The topological polar surface area (TPSA) is 88.9 Å². The number of aryl methyl sites for hydroxylation is 1. The third-order valence-corrected chi connectivity index (χ3v) is 7.21. The highest BCUT2D eigenvalue weighted by atomic mass is 16.5. The van der Waals surface area contributed by atoms with Gasteiger partial charge in [0.15, 0.2) is 5.82 Å². The summed E-state index contributed by atoms with van der Waals surface area (Å²) < 4.78 is 7.69. The Hall–Kier alpha value is -2.58. The van der Waals surface area contributed by atoms with Gasteiger partial charge in [-0.15, -0.1) is 5.10 Å². The summed E-state index contributed by atoms with van der Waals surface area (Å²) in [5, 5.41) is 13.6. The molecule has 1 N–H and O–H groups in total. The van der Waals surface area contributed by atoms with E-state index in [0.717, 1.165) is 61.0 Å². The first kappa shape index (κ1) is 22.2. The van der Waals surface area contributed by atoms with Crippen molar-refractivity contribution in [3.63, 3.8) is 0 Å². The van der Waals surface area contributed by atoms with E-state index in [1.54, 1.807) is 0 Å². The van der Waals surface area contributed by atoms with Crippen molar-refractivity contribution in [3.8, 4) is 0 Å². The number of H-pyrrole nitrogens is 1. The van der Waals surface area contributed by atoms with E-state index in [1.807, 2.05) is 10.7 Å². The highest BCUT2D eigenvalue weighted by Gasteiger charge is 2.26. The number of aromatic amines is 1. The van der Waals surface area contributed by atoms with E-state index >= 15 is 0 Å². The molecular weight excluding hydrogens is 416 g/mol. The van der Waals surface area contributed by atoms with Crippen molar-refractivity contribution in [2.45, 2.75) is 90.1 Å². The van der Waals surface area contributed by atoms with Crippen LogP contribution in [0.2, 0.25) is 0 Å². The zero-order chi connectivity index (χ0) is 22.6. The SMILES string of the molecule is CCc1ccc2[nH]c(=O)c(CN(Cc3nnnn3C[C@H]3CCCO3)C3CCCCC3)cc2c1. The molecule has 2 aromatic heterocycles. The Morgan fingerprint density at radius 3 is 2.79 bits per heavy atom. The number of hydrogen-bond acceptors (Lipinski definition) is 6. The van der Waals surface area contributed by atoms with E-state index < -0.39 is 0 Å². The molecule has 1 aromatic carbocycles. The van der Waals surface area contributed by atoms with Crippen LogP contribution in [0, 0.1) is 0 Å². The van der Waals surface area contributed by atoms with Gasteiger partial charge in [-0.1, -0.05) is 32.3 Å². The summed E-state index contributed by atoms with van der Waals surface area (Å²) in [5.74, 6) is 0.849. The summed E-state index contributed by atoms with van der Waals surface area (Å²) >= 11 is 0. The molecule has 8 heteroatoms. The monoisotopic (exact) mass is 450 g/mol. The van der Waals surface area contributed by atoms with E-state index in [0.29, 0.717) is 25.7 Å². The first-order chi connectivity index (χ1) is 16.2. The average Bonchev–Trinajstić information content (AvgIpc) is 3.52. The van der Waals surface area contributed by atoms with E-state index in [9.17, 15) is 4.79 Å². The second kappa shape index (κ2) is 10.1. The van der Waals surface area contributed by atoms with Gasteiger partial charge in [0.05, 0.1) is 19.2 Å². The Kier molecular flexibility index (Phi) is 6.83. The summed E-state index contributed by atoms with van der Waals surface area (Å²) in [6.45, 7) is 4.90. The average molecular weight is 451 g/mol. The molecule has 1 saturated carbocycles. The molecule has 3 aromatic rings. The lowest BCUT2D eigenvalue weighted by atomic mass is 9.93. The maximum absolute atomic E-state index is 13.0. The number of hydrogen-bond donors (Lipinski definition) is 1. The zero-order valence-electron chi connectivity index (χ0n) is 19.5. The van der Waals surface area contributed by atoms with Crippen LogP contribution in [0.4, 0.5) is 0 Å². The van der Waals surface area contributed by atoms with Crippen molar-refractivity contribution >= 4 is 10.9 Å². The molecule has 176 valence electrons. The number of ether oxygens (including phenoxy) is 1. The number of nitrogens with one attached hydrogen (secondary N) is 1. The van der Waals surface area contributed by atoms with Gasteiger partial charge in [-0.25, -0.2) is 4.68 Å². The summed E-state index contributed by atoms with van der Waals surface area (Å²) in [4.78, 5) is 18.5. The minimum atomic E-state index is -0.00787. The lowest BCUT2D eigenvalue weighted by Crippen LogP contribution is -2.38. The van der Waals surface area contributed by atoms with Crippen LogP contribution in [0.15, 0.2) is 29.1 Å². The molecule has 0 bridgehead atoms. The quantitative estimate of drug-likeness (QED) is 0.564. The Labute approximate surface area is 194 Å². The van der Waals surface area contributed by atoms with Gasteiger partial charge >= 0.3 is 0 Å². The molecular formula is C25H34N6O2. The van der Waals surface area contributed by atoms with Gasteiger partial charge in [-0.2, -0.15) is 0 Å². The van der Waals surface area contributed by atoms with E-state index in [2.05, 4.69) is 50.5 Å². The third-order valence-electron chi connectivity index (χ3n) is 7.21. The summed E-state index contributed by atoms with van der Waals surface area (Å²) in [6, 6.07) is 8.78. The predicted octanol–water partition coefficient (Wildman–Crippen LogP) is 3.59. The van der Waals surface area contributed by atoms with E-state index in [-0.39, 0.29) is 11.7 Å². The van der Waals surface area contributed by atoms with E-state index in [1.165, 1.54) is 24.8 Å². The Balaban J connectivity index is 1.41. The normalized spacial score (nSPS) is 19.6. The smallest absolute Gasteiger partial charge is 0.252 e. The number of aromatic nitrogens is 5. The maximum atomic E-state index is 13.0. The van der Waals surface area contributed by atoms with Gasteiger partial charge in [0.25, 0.3) is 5.56 Å². The molecule has 0 radical (unpaired) electrons. The van der Waals surface area contributed by atoms with Crippen molar-refractivity contribution in [2.24, 2.45) is 0 Å². The lowest BCUT2D eigenvalue weighted by Gasteiger charge is -2.34. The van der Waals surface area contributed by atoms with Crippen LogP contribution in [0.5, 0.6) is 0 Å². The number of rotatable bonds is 8. The summed E-state index contributed by atoms with van der Waals surface area (Å²) in [5.41, 5.74) is 2.97. The molecule has 2 aliphatic rings. The second-order valence-corrected chi connectivity index (χ2v) is 9.51. The number of tetrazole rings is 1.